The van der Waals surface area contributed by atoms with Gasteiger partial charge in [-0.25, -0.2) is 0 Å². The number of nitrogens with zero attached hydrogens (tertiary/aromatic N) is 2. The fourth-order valence-corrected chi connectivity index (χ4v) is 2.03. The number of carbonyl (C=O) groups excluding carboxylic acids is 3. The first-order valence-corrected chi connectivity index (χ1v) is 8.38. The third kappa shape index (κ3) is 9.07. The maximum atomic E-state index is 11.3. The van der Waals surface area contributed by atoms with Gasteiger partial charge in [0.2, 0.25) is 0 Å². The van der Waals surface area contributed by atoms with Crippen LogP contribution >= 0.6 is 15.9 Å². The summed E-state index contributed by atoms with van der Waals surface area (Å²) in [6.45, 7) is 3.36. The number of rotatable bonds is 8. The predicted molar refractivity (Wildman–Crippen MR) is 95.5 cm³/mol. The van der Waals surface area contributed by atoms with Gasteiger partial charge in [-0.05, 0) is 30.3 Å². The minimum atomic E-state index is -1.00. The first kappa shape index (κ1) is 21.5. The number of benzene rings is 1. The lowest BCUT2D eigenvalue weighted by atomic mass is 10.2. The van der Waals surface area contributed by atoms with Crippen LogP contribution in [0.25, 0.3) is 0 Å². The fourth-order valence-electron chi connectivity index (χ4n) is 1.77. The summed E-state index contributed by atoms with van der Waals surface area (Å²) >= 11 is 3.32. The molecule has 0 amide bonds. The molecule has 0 radical (unpaired) electrons. The third-order valence-corrected chi connectivity index (χ3v) is 3.31. The van der Waals surface area contributed by atoms with E-state index in [9.17, 15) is 14.4 Å². The molecule has 26 heavy (non-hydrogen) atoms. The van der Waals surface area contributed by atoms with E-state index >= 15 is 0 Å². The van der Waals surface area contributed by atoms with Crippen LogP contribution in [0, 0.1) is 0 Å². The average molecular weight is 427 g/mol. The highest BCUT2D eigenvalue weighted by atomic mass is 79.9. The van der Waals surface area contributed by atoms with E-state index in [-0.39, 0.29) is 6.61 Å². The van der Waals surface area contributed by atoms with Crippen LogP contribution in [0.1, 0.15) is 20.8 Å². The van der Waals surface area contributed by atoms with Crippen LogP contribution in [-0.2, 0) is 28.6 Å². The Morgan fingerprint density at radius 2 is 1.65 bits per heavy atom. The topological polar surface area (TPSA) is 104 Å². The molecule has 2 atom stereocenters. The molecule has 9 heteroatoms. The predicted octanol–water partition coefficient (Wildman–Crippen LogP) is 3.47. The Labute approximate surface area is 159 Å². The summed E-state index contributed by atoms with van der Waals surface area (Å²) in [6, 6.07) is 7.14. The molecule has 0 saturated carbocycles. The monoisotopic (exact) mass is 426 g/mol. The van der Waals surface area contributed by atoms with E-state index in [4.69, 9.17) is 14.2 Å². The zero-order chi connectivity index (χ0) is 19.5. The van der Waals surface area contributed by atoms with Crippen molar-refractivity contribution in [3.8, 4) is 0 Å². The highest BCUT2D eigenvalue weighted by molar-refractivity contribution is 9.10. The molecule has 0 aliphatic carbocycles. The zero-order valence-electron chi connectivity index (χ0n) is 14.5. The molecular formula is C17H19BrN2O6. The Kier molecular flexibility index (Phi) is 9.21. The summed E-state index contributed by atoms with van der Waals surface area (Å²) in [5.74, 6) is -1.75. The Balaban J connectivity index is 2.86. The quantitative estimate of drug-likeness (QED) is 0.358. The largest absolute Gasteiger partial charge is 0.462 e. The normalized spacial score (nSPS) is 13.4. The van der Waals surface area contributed by atoms with Crippen molar-refractivity contribution in [2.24, 2.45) is 10.2 Å². The van der Waals surface area contributed by atoms with Crippen molar-refractivity contribution in [3.05, 3.63) is 41.0 Å². The molecule has 0 N–H and O–H groups in total. The molecule has 0 aliphatic heterocycles. The summed E-state index contributed by atoms with van der Waals surface area (Å²) < 4.78 is 15.9. The van der Waals surface area contributed by atoms with Gasteiger partial charge < -0.3 is 14.2 Å². The molecule has 1 aromatic rings. The fraction of sp³-hybridized carbons (Fsp3) is 0.353. The van der Waals surface area contributed by atoms with Crippen molar-refractivity contribution in [3.63, 3.8) is 0 Å². The van der Waals surface area contributed by atoms with E-state index in [0.717, 1.165) is 4.47 Å². The number of esters is 3. The molecule has 0 aliphatic rings. The van der Waals surface area contributed by atoms with Crippen LogP contribution in [-0.4, -0.2) is 36.7 Å². The molecule has 0 aromatic heterocycles. The molecule has 0 unspecified atom stereocenters. The third-order valence-electron chi connectivity index (χ3n) is 2.78. The van der Waals surface area contributed by atoms with Gasteiger partial charge in [-0.2, -0.15) is 10.2 Å². The van der Waals surface area contributed by atoms with Gasteiger partial charge in [0.25, 0.3) is 0 Å². The molecule has 1 aromatic carbocycles. The molecule has 0 saturated heterocycles. The smallest absolute Gasteiger partial charge is 0.303 e. The second-order valence-corrected chi connectivity index (χ2v) is 5.97. The minimum absolute atomic E-state index is 0.263. The summed E-state index contributed by atoms with van der Waals surface area (Å²) in [6.07, 6.45) is 0.708. The Hall–Kier alpha value is -2.55. The Bertz CT molecular complexity index is 687. The van der Waals surface area contributed by atoms with Crippen LogP contribution in [0.2, 0.25) is 0 Å². The van der Waals surface area contributed by atoms with Crippen LogP contribution < -0.4 is 0 Å². The lowest BCUT2D eigenvalue weighted by molar-refractivity contribution is -0.169. The molecule has 1 rings (SSSR count). The van der Waals surface area contributed by atoms with Crippen molar-refractivity contribution < 1.29 is 28.6 Å². The van der Waals surface area contributed by atoms with Crippen LogP contribution in [0.3, 0.4) is 0 Å². The SMILES string of the molecule is CC(=O)OC[C@@H](OC(C)=O)[C@H](/C=C/N=Nc1ccc(Br)cc1)OC(C)=O. The zero-order valence-corrected chi connectivity index (χ0v) is 16.1. The summed E-state index contributed by atoms with van der Waals surface area (Å²) in [5.41, 5.74) is 0.623. The van der Waals surface area contributed by atoms with E-state index in [0.29, 0.717) is 5.69 Å². The second-order valence-electron chi connectivity index (χ2n) is 5.06. The van der Waals surface area contributed by atoms with E-state index in [1.54, 1.807) is 12.1 Å². The summed E-state index contributed by atoms with van der Waals surface area (Å²) in [4.78, 5) is 33.6. The van der Waals surface area contributed by atoms with Crippen molar-refractivity contribution in [2.75, 3.05) is 6.61 Å². The van der Waals surface area contributed by atoms with Gasteiger partial charge in [0.1, 0.15) is 6.61 Å². The number of carbonyl (C=O) groups is 3. The number of azo groups is 1. The molecule has 0 fully saturated rings. The van der Waals surface area contributed by atoms with Crippen molar-refractivity contribution in [2.45, 2.75) is 33.0 Å². The highest BCUT2D eigenvalue weighted by Crippen LogP contribution is 2.17. The molecule has 8 nitrogen and oxygen atoms in total. The van der Waals surface area contributed by atoms with Crippen molar-refractivity contribution in [1.82, 2.24) is 0 Å². The lowest BCUT2D eigenvalue weighted by Crippen LogP contribution is -2.37. The number of halogens is 1. The maximum absolute atomic E-state index is 11.3. The standard InChI is InChI=1S/C17H19BrN2O6/c1-11(21)24-10-17(26-13(3)23)16(25-12(2)22)8-9-19-20-15-6-4-14(18)5-7-15/h4-9,16-17H,10H2,1-3H3/b9-8+,20-19?/t16-,17+/m0/s1. The van der Waals surface area contributed by atoms with E-state index in [1.165, 1.54) is 33.0 Å². The van der Waals surface area contributed by atoms with Crippen molar-refractivity contribution in [1.29, 1.82) is 0 Å². The van der Waals surface area contributed by atoms with Crippen LogP contribution in [0.5, 0.6) is 0 Å². The number of hydrogen-bond acceptors (Lipinski definition) is 8. The molecule has 0 heterocycles. The van der Waals surface area contributed by atoms with Gasteiger partial charge in [0.05, 0.1) is 5.69 Å². The van der Waals surface area contributed by atoms with Gasteiger partial charge in [-0.1, -0.05) is 15.9 Å². The maximum Gasteiger partial charge on any atom is 0.303 e. The average Bonchev–Trinajstić information content (AvgIpc) is 2.55. The molecule has 0 bridgehead atoms. The Morgan fingerprint density at radius 3 is 2.19 bits per heavy atom. The van der Waals surface area contributed by atoms with E-state index < -0.39 is 30.1 Å². The molecule has 140 valence electrons. The lowest BCUT2D eigenvalue weighted by Gasteiger charge is -2.23. The highest BCUT2D eigenvalue weighted by Gasteiger charge is 2.26. The summed E-state index contributed by atoms with van der Waals surface area (Å²) in [7, 11) is 0. The van der Waals surface area contributed by atoms with Gasteiger partial charge in [-0.15, -0.1) is 0 Å². The number of ether oxygens (including phenoxy) is 3. The van der Waals surface area contributed by atoms with Gasteiger partial charge in [0, 0.05) is 31.4 Å². The second kappa shape index (κ2) is 11.1. The van der Waals surface area contributed by atoms with Gasteiger partial charge in [-0.3, -0.25) is 14.4 Å². The van der Waals surface area contributed by atoms with Gasteiger partial charge in [0.15, 0.2) is 12.2 Å². The van der Waals surface area contributed by atoms with E-state index in [2.05, 4.69) is 26.2 Å². The Morgan fingerprint density at radius 1 is 1.04 bits per heavy atom. The van der Waals surface area contributed by atoms with Crippen molar-refractivity contribution >= 4 is 39.5 Å². The first-order valence-electron chi connectivity index (χ1n) is 7.59. The molecule has 0 spiro atoms. The minimum Gasteiger partial charge on any atom is -0.462 e. The van der Waals surface area contributed by atoms with E-state index in [1.807, 2.05) is 12.1 Å². The number of hydrogen-bond donors (Lipinski definition) is 0. The first-order chi connectivity index (χ1) is 12.3. The van der Waals surface area contributed by atoms with Crippen LogP contribution in [0.4, 0.5) is 5.69 Å². The summed E-state index contributed by atoms with van der Waals surface area (Å²) in [5, 5.41) is 7.84. The van der Waals surface area contributed by atoms with Crippen LogP contribution in [0.15, 0.2) is 51.2 Å². The molecular weight excluding hydrogens is 408 g/mol. The van der Waals surface area contributed by atoms with Gasteiger partial charge >= 0.3 is 17.9 Å².